The van der Waals surface area contributed by atoms with Crippen LogP contribution in [0.4, 0.5) is 0 Å². The number of aliphatic imine (C=N–C) groups is 1. The Balaban J connectivity index is 1.77. The third-order valence-corrected chi connectivity index (χ3v) is 4.55. The number of rotatable bonds is 6. The van der Waals surface area contributed by atoms with Crippen molar-refractivity contribution in [3.63, 3.8) is 0 Å². The van der Waals surface area contributed by atoms with Gasteiger partial charge >= 0.3 is 0 Å². The Morgan fingerprint density at radius 2 is 1.82 bits per heavy atom. The minimum atomic E-state index is -0.0417. The summed E-state index contributed by atoms with van der Waals surface area (Å²) in [4.78, 5) is 18.7. The zero-order valence-corrected chi connectivity index (χ0v) is 16.3. The van der Waals surface area contributed by atoms with Crippen molar-refractivity contribution in [1.82, 2.24) is 10.1 Å². The summed E-state index contributed by atoms with van der Waals surface area (Å²) in [6, 6.07) is 18.7. The lowest BCUT2D eigenvalue weighted by molar-refractivity contribution is 0.103. The molecule has 144 valence electrons. The summed E-state index contributed by atoms with van der Waals surface area (Å²) in [6.45, 7) is 2.38. The summed E-state index contributed by atoms with van der Waals surface area (Å²) in [5.74, 6) is 1.11. The normalized spacial score (nSPS) is 12.6. The minimum absolute atomic E-state index is 0.00130. The maximum Gasteiger partial charge on any atom is 0.193 e. The molecule has 6 nitrogen and oxygen atoms in total. The van der Waals surface area contributed by atoms with Crippen molar-refractivity contribution >= 4 is 11.7 Å². The zero-order chi connectivity index (χ0) is 20.1. The van der Waals surface area contributed by atoms with Crippen LogP contribution >= 0.6 is 0 Å². The molecule has 0 spiro atoms. The third kappa shape index (κ3) is 4.46. The molecule has 2 aromatic carbocycles. The van der Waals surface area contributed by atoms with Crippen LogP contribution in [0.25, 0.3) is 0 Å². The molecule has 0 fully saturated rings. The monoisotopic (exact) mass is 376 g/mol. The average molecular weight is 376 g/mol. The van der Waals surface area contributed by atoms with Gasteiger partial charge in [0.05, 0.1) is 6.54 Å². The molecular weight excluding hydrogens is 352 g/mol. The smallest absolute Gasteiger partial charge is 0.193 e. The van der Waals surface area contributed by atoms with Gasteiger partial charge in [0.25, 0.3) is 0 Å². The second-order valence-electron chi connectivity index (χ2n) is 6.83. The lowest BCUT2D eigenvalue weighted by Crippen LogP contribution is -2.30. The van der Waals surface area contributed by atoms with E-state index in [1.165, 1.54) is 0 Å². The highest BCUT2D eigenvalue weighted by molar-refractivity contribution is 6.09. The predicted octanol–water partition coefficient (Wildman–Crippen LogP) is 3.43. The van der Waals surface area contributed by atoms with Crippen LogP contribution in [0, 0.1) is 0 Å². The highest BCUT2D eigenvalue weighted by atomic mass is 16.5. The Kier molecular flexibility index (Phi) is 5.89. The van der Waals surface area contributed by atoms with E-state index in [1.807, 2.05) is 81.7 Å². The molecule has 28 heavy (non-hydrogen) atoms. The Morgan fingerprint density at radius 3 is 2.54 bits per heavy atom. The first-order chi connectivity index (χ1) is 13.5. The highest BCUT2D eigenvalue weighted by Gasteiger charge is 2.17. The fourth-order valence-electron chi connectivity index (χ4n) is 2.78. The van der Waals surface area contributed by atoms with Crippen LogP contribution in [0.1, 0.15) is 45.8 Å². The lowest BCUT2D eigenvalue weighted by atomic mass is 9.94. The Morgan fingerprint density at radius 1 is 1.11 bits per heavy atom. The first-order valence-electron chi connectivity index (χ1n) is 9.08. The number of benzene rings is 2. The lowest BCUT2D eigenvalue weighted by Gasteiger charge is -2.10. The maximum absolute atomic E-state index is 12.7. The average Bonchev–Trinajstić information content (AvgIpc) is 3.20. The number of carbonyl (C=O) groups is 1. The first kappa shape index (κ1) is 19.4. The predicted molar refractivity (Wildman–Crippen MR) is 109 cm³/mol. The number of nitrogens with two attached hydrogens (primary N) is 1. The molecule has 0 amide bonds. The minimum Gasteiger partial charge on any atom is -0.370 e. The van der Waals surface area contributed by atoms with E-state index in [-0.39, 0.29) is 11.7 Å². The molecule has 0 aliphatic heterocycles. The van der Waals surface area contributed by atoms with Gasteiger partial charge in [-0.05, 0) is 11.6 Å². The van der Waals surface area contributed by atoms with Gasteiger partial charge in [0, 0.05) is 37.2 Å². The summed E-state index contributed by atoms with van der Waals surface area (Å²) in [7, 11) is 3.66. The summed E-state index contributed by atoms with van der Waals surface area (Å²) >= 11 is 0. The molecule has 0 saturated carbocycles. The van der Waals surface area contributed by atoms with Gasteiger partial charge in [-0.1, -0.05) is 60.6 Å². The van der Waals surface area contributed by atoms with Crippen LogP contribution in [-0.4, -0.2) is 35.9 Å². The quantitative estimate of drug-likeness (QED) is 0.405. The number of hydrogen-bond acceptors (Lipinski definition) is 4. The number of hydrogen-bond donors (Lipinski definition) is 1. The van der Waals surface area contributed by atoms with Gasteiger partial charge in [-0.25, -0.2) is 4.99 Å². The molecule has 2 N–H and O–H groups in total. The van der Waals surface area contributed by atoms with Crippen molar-refractivity contribution in [2.75, 3.05) is 14.1 Å². The van der Waals surface area contributed by atoms with Gasteiger partial charge in [0.15, 0.2) is 11.7 Å². The van der Waals surface area contributed by atoms with Crippen molar-refractivity contribution in [3.05, 3.63) is 88.8 Å². The molecule has 0 radical (unpaired) electrons. The van der Waals surface area contributed by atoms with Crippen LogP contribution in [0.15, 0.2) is 70.2 Å². The summed E-state index contributed by atoms with van der Waals surface area (Å²) in [5.41, 5.74) is 8.82. The van der Waals surface area contributed by atoms with Crippen molar-refractivity contribution in [2.45, 2.75) is 19.4 Å². The molecule has 1 aromatic heterocycles. The largest absolute Gasteiger partial charge is 0.370 e. The maximum atomic E-state index is 12.7. The molecular formula is C22H24N4O2. The third-order valence-electron chi connectivity index (χ3n) is 4.55. The Labute approximate surface area is 164 Å². The van der Waals surface area contributed by atoms with Crippen LogP contribution in [0.2, 0.25) is 0 Å². The molecule has 6 heteroatoms. The van der Waals surface area contributed by atoms with Gasteiger partial charge in [-0.3, -0.25) is 4.79 Å². The van der Waals surface area contributed by atoms with E-state index in [4.69, 9.17) is 10.3 Å². The molecule has 0 aliphatic carbocycles. The van der Waals surface area contributed by atoms with Crippen molar-refractivity contribution < 1.29 is 9.32 Å². The molecule has 0 aliphatic rings. The number of ketones is 1. The molecule has 1 atom stereocenters. The molecule has 1 heterocycles. The van der Waals surface area contributed by atoms with E-state index in [0.29, 0.717) is 29.3 Å². The number of guanidine groups is 1. The van der Waals surface area contributed by atoms with E-state index in [1.54, 1.807) is 4.90 Å². The number of carbonyl (C=O) groups excluding carboxylic acids is 1. The van der Waals surface area contributed by atoms with Crippen molar-refractivity contribution in [3.8, 4) is 0 Å². The van der Waals surface area contributed by atoms with Gasteiger partial charge in [0.1, 0.15) is 11.5 Å². The SMILES string of the molecule is CC(c1cccc(C(=O)c2ccccc2)c1)c1cc(CN=C(N)N(C)C)no1. The first-order valence-corrected chi connectivity index (χ1v) is 9.08. The van der Waals surface area contributed by atoms with E-state index in [9.17, 15) is 4.79 Å². The van der Waals surface area contributed by atoms with Gasteiger partial charge in [0.2, 0.25) is 0 Å². The molecule has 0 saturated heterocycles. The van der Waals surface area contributed by atoms with Gasteiger partial charge < -0.3 is 15.2 Å². The zero-order valence-electron chi connectivity index (χ0n) is 16.3. The topological polar surface area (TPSA) is 84.7 Å². The number of aromatic nitrogens is 1. The fraction of sp³-hybridized carbons (Fsp3) is 0.227. The van der Waals surface area contributed by atoms with Gasteiger partial charge in [-0.2, -0.15) is 0 Å². The highest BCUT2D eigenvalue weighted by Crippen LogP contribution is 2.26. The van der Waals surface area contributed by atoms with Crippen molar-refractivity contribution in [1.29, 1.82) is 0 Å². The van der Waals surface area contributed by atoms with Crippen LogP contribution < -0.4 is 5.73 Å². The number of nitrogens with zero attached hydrogens (tertiary/aromatic N) is 3. The summed E-state index contributed by atoms with van der Waals surface area (Å²) < 4.78 is 5.50. The molecule has 1 unspecified atom stereocenters. The van der Waals surface area contributed by atoms with Crippen LogP contribution in [0.5, 0.6) is 0 Å². The van der Waals surface area contributed by atoms with E-state index < -0.39 is 0 Å². The fourth-order valence-corrected chi connectivity index (χ4v) is 2.78. The van der Waals surface area contributed by atoms with E-state index in [2.05, 4.69) is 10.1 Å². The second-order valence-corrected chi connectivity index (χ2v) is 6.83. The van der Waals surface area contributed by atoms with Crippen LogP contribution in [-0.2, 0) is 6.54 Å². The van der Waals surface area contributed by atoms with Gasteiger partial charge in [-0.15, -0.1) is 0 Å². The van der Waals surface area contributed by atoms with E-state index in [0.717, 1.165) is 11.3 Å². The molecule has 3 aromatic rings. The summed E-state index contributed by atoms with van der Waals surface area (Å²) in [6.07, 6.45) is 0. The van der Waals surface area contributed by atoms with Crippen LogP contribution in [0.3, 0.4) is 0 Å². The Hall–Kier alpha value is -3.41. The standard InChI is InChI=1S/C22H24N4O2/c1-15(20-13-19(25-28-20)14-24-22(23)26(2)3)17-10-7-11-18(12-17)21(27)16-8-5-4-6-9-16/h4-13,15H,14H2,1-3H3,(H2,23,24). The Bertz CT molecular complexity index is 977. The molecule has 0 bridgehead atoms. The van der Waals surface area contributed by atoms with E-state index >= 15 is 0 Å². The van der Waals surface area contributed by atoms with Crippen molar-refractivity contribution in [2.24, 2.45) is 10.7 Å². The second kappa shape index (κ2) is 8.52. The molecule has 3 rings (SSSR count). The summed E-state index contributed by atoms with van der Waals surface area (Å²) in [5, 5.41) is 4.08.